The van der Waals surface area contributed by atoms with Gasteiger partial charge < -0.3 is 5.73 Å². The summed E-state index contributed by atoms with van der Waals surface area (Å²) in [4.78, 5) is 12.1. The number of carbonyl (C=O) groups is 1. The third-order valence-corrected chi connectivity index (χ3v) is 2.57. The van der Waals surface area contributed by atoms with Gasteiger partial charge in [-0.15, -0.1) is 5.10 Å². The Hall–Kier alpha value is -2.17. The monoisotopic (exact) mass is 216 g/mol. The second kappa shape index (κ2) is 3.77. The van der Waals surface area contributed by atoms with Crippen molar-refractivity contribution in [2.75, 3.05) is 5.73 Å². The number of nitrogens with zero attached hydrogens (tertiary/aromatic N) is 3. The quantitative estimate of drug-likeness (QED) is 0.598. The first-order valence-corrected chi connectivity index (χ1v) is 4.85. The lowest BCUT2D eigenvalue weighted by Crippen LogP contribution is -2.10. The molecule has 5 heteroatoms. The SMILES string of the molecule is Cc1c(N)cccc1C(=O)c1cnnn1C. The van der Waals surface area contributed by atoms with Gasteiger partial charge in [0.15, 0.2) is 0 Å². The van der Waals surface area contributed by atoms with Crippen LogP contribution < -0.4 is 5.73 Å². The minimum Gasteiger partial charge on any atom is -0.398 e. The lowest BCUT2D eigenvalue weighted by Gasteiger charge is -2.06. The molecule has 0 amide bonds. The van der Waals surface area contributed by atoms with Crippen molar-refractivity contribution in [3.63, 3.8) is 0 Å². The first-order valence-electron chi connectivity index (χ1n) is 4.85. The number of nitrogens with two attached hydrogens (primary N) is 1. The number of ketones is 1. The molecule has 2 rings (SSSR count). The van der Waals surface area contributed by atoms with E-state index in [4.69, 9.17) is 5.73 Å². The number of carbonyl (C=O) groups excluding carboxylic acids is 1. The van der Waals surface area contributed by atoms with E-state index >= 15 is 0 Å². The van der Waals surface area contributed by atoms with Crippen LogP contribution in [0.5, 0.6) is 0 Å². The van der Waals surface area contributed by atoms with Crippen molar-refractivity contribution in [2.45, 2.75) is 6.92 Å². The van der Waals surface area contributed by atoms with Gasteiger partial charge in [-0.3, -0.25) is 4.79 Å². The number of benzene rings is 1. The average molecular weight is 216 g/mol. The fourth-order valence-electron chi connectivity index (χ4n) is 1.53. The molecule has 0 bridgehead atoms. The van der Waals surface area contributed by atoms with Crippen molar-refractivity contribution < 1.29 is 4.79 Å². The molecule has 1 heterocycles. The van der Waals surface area contributed by atoms with E-state index in [0.717, 1.165) is 5.56 Å². The van der Waals surface area contributed by atoms with Crippen LogP contribution in [0.2, 0.25) is 0 Å². The van der Waals surface area contributed by atoms with Gasteiger partial charge in [-0.25, -0.2) is 4.68 Å². The number of anilines is 1. The predicted octanol–water partition coefficient (Wildman–Crippen LogP) is 0.937. The van der Waals surface area contributed by atoms with E-state index in [2.05, 4.69) is 10.3 Å². The summed E-state index contributed by atoms with van der Waals surface area (Å²) in [6.45, 7) is 1.83. The Labute approximate surface area is 92.9 Å². The largest absolute Gasteiger partial charge is 0.398 e. The molecule has 0 aliphatic carbocycles. The molecule has 0 aliphatic rings. The Morgan fingerprint density at radius 2 is 2.19 bits per heavy atom. The van der Waals surface area contributed by atoms with E-state index in [1.807, 2.05) is 6.92 Å². The molecule has 82 valence electrons. The van der Waals surface area contributed by atoms with Crippen LogP contribution in [0.25, 0.3) is 0 Å². The summed E-state index contributed by atoms with van der Waals surface area (Å²) >= 11 is 0. The van der Waals surface area contributed by atoms with Crippen molar-refractivity contribution >= 4 is 11.5 Å². The summed E-state index contributed by atoms with van der Waals surface area (Å²) in [5, 5.41) is 7.41. The Kier molecular flexibility index (Phi) is 2.44. The molecule has 0 spiro atoms. The van der Waals surface area contributed by atoms with Gasteiger partial charge in [0.2, 0.25) is 5.78 Å². The number of rotatable bonds is 2. The highest BCUT2D eigenvalue weighted by molar-refractivity contribution is 6.09. The van der Waals surface area contributed by atoms with E-state index in [9.17, 15) is 4.79 Å². The molecule has 0 unspecified atom stereocenters. The Morgan fingerprint density at radius 3 is 2.81 bits per heavy atom. The molecule has 0 radical (unpaired) electrons. The molecule has 2 N–H and O–H groups in total. The van der Waals surface area contributed by atoms with Crippen LogP contribution in [0.1, 0.15) is 21.6 Å². The second-order valence-electron chi connectivity index (χ2n) is 3.59. The molecule has 1 aromatic carbocycles. The topological polar surface area (TPSA) is 73.8 Å². The summed E-state index contributed by atoms with van der Waals surface area (Å²) in [6.07, 6.45) is 1.45. The van der Waals surface area contributed by atoms with Gasteiger partial charge in [0.25, 0.3) is 0 Å². The summed E-state index contributed by atoms with van der Waals surface area (Å²) in [7, 11) is 1.68. The first kappa shape index (κ1) is 10.4. The maximum atomic E-state index is 12.1. The number of nitrogen functional groups attached to an aromatic ring is 1. The summed E-state index contributed by atoms with van der Waals surface area (Å²) in [5.41, 5.74) is 8.20. The number of aromatic nitrogens is 3. The normalized spacial score (nSPS) is 10.4. The average Bonchev–Trinajstić information content (AvgIpc) is 2.68. The van der Waals surface area contributed by atoms with Gasteiger partial charge in [-0.2, -0.15) is 0 Å². The molecular formula is C11H12N4O. The van der Waals surface area contributed by atoms with Gasteiger partial charge in [0, 0.05) is 18.3 Å². The fourth-order valence-corrected chi connectivity index (χ4v) is 1.53. The van der Waals surface area contributed by atoms with Crippen molar-refractivity contribution in [2.24, 2.45) is 7.05 Å². The van der Waals surface area contributed by atoms with Crippen LogP contribution in [0.3, 0.4) is 0 Å². The highest BCUT2D eigenvalue weighted by atomic mass is 16.1. The maximum absolute atomic E-state index is 12.1. The zero-order valence-corrected chi connectivity index (χ0v) is 9.14. The first-order chi connectivity index (χ1) is 7.61. The summed E-state index contributed by atoms with van der Waals surface area (Å²) in [6, 6.07) is 5.29. The zero-order valence-electron chi connectivity index (χ0n) is 9.14. The highest BCUT2D eigenvalue weighted by Crippen LogP contribution is 2.18. The smallest absolute Gasteiger partial charge is 0.213 e. The Morgan fingerprint density at radius 1 is 1.44 bits per heavy atom. The van der Waals surface area contributed by atoms with E-state index in [1.165, 1.54) is 10.9 Å². The van der Waals surface area contributed by atoms with Crippen molar-refractivity contribution in [1.29, 1.82) is 0 Å². The van der Waals surface area contributed by atoms with Crippen LogP contribution in [0, 0.1) is 6.92 Å². The van der Waals surface area contributed by atoms with Gasteiger partial charge in [-0.05, 0) is 18.6 Å². The van der Waals surface area contributed by atoms with Crippen LogP contribution in [-0.2, 0) is 7.05 Å². The molecule has 0 aliphatic heterocycles. The number of aryl methyl sites for hydroxylation is 1. The predicted molar refractivity (Wildman–Crippen MR) is 60.0 cm³/mol. The molecule has 1 aromatic heterocycles. The lowest BCUT2D eigenvalue weighted by atomic mass is 10.0. The van der Waals surface area contributed by atoms with Gasteiger partial charge in [0.1, 0.15) is 5.69 Å². The molecule has 2 aromatic rings. The van der Waals surface area contributed by atoms with Crippen molar-refractivity contribution in [1.82, 2.24) is 15.0 Å². The van der Waals surface area contributed by atoms with Gasteiger partial charge in [0.05, 0.1) is 6.20 Å². The Bertz CT molecular complexity index is 545. The van der Waals surface area contributed by atoms with Crippen LogP contribution in [0.15, 0.2) is 24.4 Å². The van der Waals surface area contributed by atoms with E-state index < -0.39 is 0 Å². The number of hydrogen-bond acceptors (Lipinski definition) is 4. The molecule has 0 saturated heterocycles. The summed E-state index contributed by atoms with van der Waals surface area (Å²) in [5.74, 6) is -0.114. The second-order valence-corrected chi connectivity index (χ2v) is 3.59. The van der Waals surface area contributed by atoms with E-state index in [0.29, 0.717) is 16.9 Å². The summed E-state index contributed by atoms with van der Waals surface area (Å²) < 4.78 is 1.45. The third-order valence-electron chi connectivity index (χ3n) is 2.57. The van der Waals surface area contributed by atoms with Crippen LogP contribution in [-0.4, -0.2) is 20.8 Å². The van der Waals surface area contributed by atoms with Crippen molar-refractivity contribution in [3.8, 4) is 0 Å². The number of hydrogen-bond donors (Lipinski definition) is 1. The van der Waals surface area contributed by atoms with Gasteiger partial charge >= 0.3 is 0 Å². The molecule has 0 fully saturated rings. The highest BCUT2D eigenvalue weighted by Gasteiger charge is 2.16. The van der Waals surface area contributed by atoms with Gasteiger partial charge in [-0.1, -0.05) is 17.3 Å². The minimum atomic E-state index is -0.114. The standard InChI is InChI=1S/C11H12N4O/c1-7-8(4-3-5-9(7)12)11(16)10-6-13-14-15(10)2/h3-6H,12H2,1-2H3. The molecule has 5 nitrogen and oxygen atoms in total. The molecular weight excluding hydrogens is 204 g/mol. The molecule has 0 atom stereocenters. The van der Waals surface area contributed by atoms with Crippen LogP contribution >= 0.6 is 0 Å². The Balaban J connectivity index is 2.50. The zero-order chi connectivity index (χ0) is 11.7. The lowest BCUT2D eigenvalue weighted by molar-refractivity contribution is 0.102. The van der Waals surface area contributed by atoms with Crippen LogP contribution in [0.4, 0.5) is 5.69 Å². The minimum absolute atomic E-state index is 0.114. The fraction of sp³-hybridized carbons (Fsp3) is 0.182. The van der Waals surface area contributed by atoms with E-state index in [1.54, 1.807) is 25.2 Å². The third kappa shape index (κ3) is 1.56. The maximum Gasteiger partial charge on any atom is 0.213 e. The molecule has 16 heavy (non-hydrogen) atoms. The van der Waals surface area contributed by atoms with E-state index in [-0.39, 0.29) is 5.78 Å². The van der Waals surface area contributed by atoms with Crippen molar-refractivity contribution in [3.05, 3.63) is 41.2 Å². The molecule has 0 saturated carbocycles.